The number of anilines is 2. The molecule has 0 saturated carbocycles. The number of hydrogen-bond donors (Lipinski definition) is 1. The third-order valence-electron chi connectivity index (χ3n) is 3.11. The first-order valence-corrected chi connectivity index (χ1v) is 5.97. The van der Waals surface area contributed by atoms with Gasteiger partial charge in [0.25, 0.3) is 0 Å². The van der Waals surface area contributed by atoms with E-state index in [1.807, 2.05) is 12.1 Å². The molecule has 0 aliphatic carbocycles. The molecular weight excluding hydrogens is 184 g/mol. The number of nitrogens with two attached hydrogens (primary N) is 1. The normalized spacial score (nSPS) is 18.3. The number of nitrogens with zero attached hydrogens (tertiary/aromatic N) is 1. The molecule has 0 amide bonds. The molecule has 1 aromatic rings. The molecule has 2 heteroatoms. The van der Waals surface area contributed by atoms with Crippen LogP contribution in [0.15, 0.2) is 24.3 Å². The number of hydrogen-bond acceptors (Lipinski definition) is 2. The maximum absolute atomic E-state index is 5.69. The molecule has 82 valence electrons. The lowest BCUT2D eigenvalue weighted by atomic mass is 10.1. The molecule has 1 saturated heterocycles. The van der Waals surface area contributed by atoms with Gasteiger partial charge < -0.3 is 10.6 Å². The minimum absolute atomic E-state index is 0.853. The molecule has 2 N–H and O–H groups in total. The topological polar surface area (TPSA) is 29.3 Å². The van der Waals surface area contributed by atoms with Crippen LogP contribution in [0.25, 0.3) is 0 Å². The predicted molar refractivity (Wildman–Crippen MR) is 66.2 cm³/mol. The molecule has 1 aromatic carbocycles. The Morgan fingerprint density at radius 3 is 1.93 bits per heavy atom. The van der Waals surface area contributed by atoms with Crippen LogP contribution in [0.3, 0.4) is 0 Å². The molecular formula is C13H20N2. The highest BCUT2D eigenvalue weighted by Gasteiger charge is 2.08. The van der Waals surface area contributed by atoms with E-state index in [0.717, 1.165) is 5.69 Å². The van der Waals surface area contributed by atoms with Crippen molar-refractivity contribution in [1.29, 1.82) is 0 Å². The van der Waals surface area contributed by atoms with Gasteiger partial charge in [-0.15, -0.1) is 0 Å². The Morgan fingerprint density at radius 1 is 0.800 bits per heavy atom. The molecule has 2 rings (SSSR count). The average Bonchev–Trinajstić information content (AvgIpc) is 2.19. The van der Waals surface area contributed by atoms with Crippen molar-refractivity contribution in [3.8, 4) is 0 Å². The third-order valence-corrected chi connectivity index (χ3v) is 3.11. The van der Waals surface area contributed by atoms with Gasteiger partial charge in [-0.1, -0.05) is 19.3 Å². The Balaban J connectivity index is 2.03. The fraction of sp³-hybridized carbons (Fsp3) is 0.538. The van der Waals surface area contributed by atoms with E-state index < -0.39 is 0 Å². The van der Waals surface area contributed by atoms with Crippen molar-refractivity contribution in [2.45, 2.75) is 32.1 Å². The Morgan fingerprint density at radius 2 is 1.33 bits per heavy atom. The zero-order chi connectivity index (χ0) is 10.5. The lowest BCUT2D eigenvalue weighted by molar-refractivity contribution is 0.556. The maximum atomic E-state index is 5.69. The van der Waals surface area contributed by atoms with Gasteiger partial charge in [0.05, 0.1) is 0 Å². The second-order valence-electron chi connectivity index (χ2n) is 4.35. The van der Waals surface area contributed by atoms with Crippen molar-refractivity contribution in [3.05, 3.63) is 24.3 Å². The summed E-state index contributed by atoms with van der Waals surface area (Å²) in [6.45, 7) is 2.40. The molecule has 1 heterocycles. The highest BCUT2D eigenvalue weighted by molar-refractivity contribution is 5.53. The number of benzene rings is 1. The summed E-state index contributed by atoms with van der Waals surface area (Å²) in [5, 5.41) is 0. The van der Waals surface area contributed by atoms with Crippen molar-refractivity contribution in [3.63, 3.8) is 0 Å². The quantitative estimate of drug-likeness (QED) is 0.712. The molecule has 1 aliphatic rings. The van der Waals surface area contributed by atoms with Crippen LogP contribution in [0.2, 0.25) is 0 Å². The molecule has 0 atom stereocenters. The molecule has 0 bridgehead atoms. The third kappa shape index (κ3) is 2.88. The van der Waals surface area contributed by atoms with E-state index in [4.69, 9.17) is 5.73 Å². The summed E-state index contributed by atoms with van der Waals surface area (Å²) in [5.41, 5.74) is 7.87. The first-order chi connectivity index (χ1) is 7.36. The second-order valence-corrected chi connectivity index (χ2v) is 4.35. The fourth-order valence-corrected chi connectivity index (χ4v) is 2.19. The van der Waals surface area contributed by atoms with Crippen LogP contribution in [-0.4, -0.2) is 13.1 Å². The molecule has 0 aromatic heterocycles. The van der Waals surface area contributed by atoms with Gasteiger partial charge in [0, 0.05) is 24.5 Å². The van der Waals surface area contributed by atoms with E-state index >= 15 is 0 Å². The first-order valence-electron chi connectivity index (χ1n) is 5.97. The lowest BCUT2D eigenvalue weighted by Gasteiger charge is -2.26. The van der Waals surface area contributed by atoms with E-state index in [2.05, 4.69) is 17.0 Å². The molecule has 0 radical (unpaired) electrons. The van der Waals surface area contributed by atoms with E-state index in [1.54, 1.807) is 0 Å². The lowest BCUT2D eigenvalue weighted by Crippen LogP contribution is -2.26. The predicted octanol–water partition coefficient (Wildman–Crippen LogP) is 3.04. The summed E-state index contributed by atoms with van der Waals surface area (Å²) in [6, 6.07) is 8.26. The molecule has 0 spiro atoms. The Labute approximate surface area is 92.1 Å². The summed E-state index contributed by atoms with van der Waals surface area (Å²) in [5.74, 6) is 0. The first kappa shape index (κ1) is 10.3. The second kappa shape index (κ2) is 5.06. The minimum Gasteiger partial charge on any atom is -0.399 e. The largest absolute Gasteiger partial charge is 0.399 e. The van der Waals surface area contributed by atoms with Gasteiger partial charge in [0.2, 0.25) is 0 Å². The Hall–Kier alpha value is -1.18. The Kier molecular flexibility index (Phi) is 3.49. The smallest absolute Gasteiger partial charge is 0.0367 e. The van der Waals surface area contributed by atoms with Crippen molar-refractivity contribution in [2.75, 3.05) is 23.7 Å². The van der Waals surface area contributed by atoms with Crippen LogP contribution in [0.1, 0.15) is 32.1 Å². The van der Waals surface area contributed by atoms with Crippen LogP contribution in [0.4, 0.5) is 11.4 Å². The van der Waals surface area contributed by atoms with Crippen LogP contribution < -0.4 is 10.6 Å². The van der Waals surface area contributed by atoms with Gasteiger partial charge in [-0.2, -0.15) is 0 Å². The highest BCUT2D eigenvalue weighted by atomic mass is 15.1. The molecule has 15 heavy (non-hydrogen) atoms. The van der Waals surface area contributed by atoms with Gasteiger partial charge in [-0.3, -0.25) is 0 Å². The van der Waals surface area contributed by atoms with Gasteiger partial charge in [0.1, 0.15) is 0 Å². The fourth-order valence-electron chi connectivity index (χ4n) is 2.19. The zero-order valence-electron chi connectivity index (χ0n) is 9.28. The van der Waals surface area contributed by atoms with E-state index in [0.29, 0.717) is 0 Å². The van der Waals surface area contributed by atoms with Crippen molar-refractivity contribution >= 4 is 11.4 Å². The van der Waals surface area contributed by atoms with E-state index in [1.165, 1.54) is 50.9 Å². The summed E-state index contributed by atoms with van der Waals surface area (Å²) >= 11 is 0. The number of nitrogen functional groups attached to an aromatic ring is 1. The summed E-state index contributed by atoms with van der Waals surface area (Å²) in [6.07, 6.45) is 6.82. The minimum atomic E-state index is 0.853. The molecule has 1 fully saturated rings. The van der Waals surface area contributed by atoms with E-state index in [-0.39, 0.29) is 0 Å². The van der Waals surface area contributed by atoms with Crippen molar-refractivity contribution < 1.29 is 0 Å². The van der Waals surface area contributed by atoms with Gasteiger partial charge in [-0.25, -0.2) is 0 Å². The van der Waals surface area contributed by atoms with Gasteiger partial charge in [-0.05, 0) is 37.1 Å². The summed E-state index contributed by atoms with van der Waals surface area (Å²) < 4.78 is 0. The van der Waals surface area contributed by atoms with E-state index in [9.17, 15) is 0 Å². The van der Waals surface area contributed by atoms with Crippen LogP contribution in [0.5, 0.6) is 0 Å². The Bertz CT molecular complexity index is 284. The monoisotopic (exact) mass is 204 g/mol. The summed E-state index contributed by atoms with van der Waals surface area (Å²) in [4.78, 5) is 2.48. The maximum Gasteiger partial charge on any atom is 0.0367 e. The van der Waals surface area contributed by atoms with Gasteiger partial charge >= 0.3 is 0 Å². The highest BCUT2D eigenvalue weighted by Crippen LogP contribution is 2.20. The average molecular weight is 204 g/mol. The number of rotatable bonds is 1. The van der Waals surface area contributed by atoms with Crippen molar-refractivity contribution in [2.24, 2.45) is 0 Å². The van der Waals surface area contributed by atoms with Crippen molar-refractivity contribution in [1.82, 2.24) is 0 Å². The van der Waals surface area contributed by atoms with Gasteiger partial charge in [0.15, 0.2) is 0 Å². The zero-order valence-corrected chi connectivity index (χ0v) is 9.28. The molecule has 1 aliphatic heterocycles. The van der Waals surface area contributed by atoms with Crippen LogP contribution in [0, 0.1) is 0 Å². The molecule has 2 nitrogen and oxygen atoms in total. The van der Waals surface area contributed by atoms with Crippen LogP contribution in [-0.2, 0) is 0 Å². The SMILES string of the molecule is Nc1ccc(N2CCCCCCC2)cc1. The van der Waals surface area contributed by atoms with Crippen LogP contribution >= 0.6 is 0 Å². The molecule has 0 unspecified atom stereocenters. The standard InChI is InChI=1S/C13H20N2/c14-12-6-8-13(9-7-12)15-10-4-2-1-3-5-11-15/h6-9H,1-5,10-11,14H2. The summed E-state index contributed by atoms with van der Waals surface area (Å²) in [7, 11) is 0.